The van der Waals surface area contributed by atoms with E-state index in [4.69, 9.17) is 5.73 Å². The average molecular weight is 320 g/mol. The monoisotopic (exact) mass is 320 g/mol. The summed E-state index contributed by atoms with van der Waals surface area (Å²) in [6, 6.07) is 5.30. The van der Waals surface area contributed by atoms with Gasteiger partial charge in [0.1, 0.15) is 5.65 Å². The zero-order chi connectivity index (χ0) is 16.8. The van der Waals surface area contributed by atoms with Crippen LogP contribution >= 0.6 is 0 Å². The Balaban J connectivity index is 1.92. The Bertz CT molecular complexity index is 1090. The van der Waals surface area contributed by atoms with Gasteiger partial charge in [-0.3, -0.25) is 9.48 Å². The van der Waals surface area contributed by atoms with Gasteiger partial charge in [-0.15, -0.1) is 0 Å². The molecule has 0 fully saturated rings. The van der Waals surface area contributed by atoms with Crippen LogP contribution in [0.2, 0.25) is 0 Å². The molecule has 0 atom stereocenters. The van der Waals surface area contributed by atoms with Crippen LogP contribution in [0, 0.1) is 0 Å². The summed E-state index contributed by atoms with van der Waals surface area (Å²) in [5, 5.41) is 6.18. The lowest BCUT2D eigenvalue weighted by atomic mass is 10.1. The molecule has 3 aromatic heterocycles. The Labute approximate surface area is 137 Å². The van der Waals surface area contributed by atoms with E-state index in [1.165, 1.54) is 0 Å². The van der Waals surface area contributed by atoms with Crippen LogP contribution in [-0.2, 0) is 13.5 Å². The number of nitrogens with zero attached hydrogens (tertiary/aromatic N) is 4. The van der Waals surface area contributed by atoms with Gasteiger partial charge in [0, 0.05) is 41.3 Å². The van der Waals surface area contributed by atoms with Crippen LogP contribution in [-0.4, -0.2) is 30.6 Å². The van der Waals surface area contributed by atoms with E-state index in [0.29, 0.717) is 11.4 Å². The van der Waals surface area contributed by atoms with E-state index in [9.17, 15) is 4.79 Å². The largest absolute Gasteiger partial charge is 0.366 e. The number of carbonyl (C=O) groups is 1. The minimum atomic E-state index is -0.452. The molecule has 24 heavy (non-hydrogen) atoms. The second-order valence-corrected chi connectivity index (χ2v) is 5.72. The van der Waals surface area contributed by atoms with Crippen LogP contribution in [0.4, 0.5) is 0 Å². The molecule has 0 aliphatic carbocycles. The quantitative estimate of drug-likeness (QED) is 0.604. The number of amides is 1. The molecule has 120 valence electrons. The fourth-order valence-electron chi connectivity index (χ4n) is 2.94. The van der Waals surface area contributed by atoms with Gasteiger partial charge in [0.25, 0.3) is 0 Å². The number of nitrogens with two attached hydrogens (primary N) is 1. The first kappa shape index (κ1) is 14.4. The molecule has 0 aliphatic rings. The van der Waals surface area contributed by atoms with Gasteiger partial charge >= 0.3 is 0 Å². The van der Waals surface area contributed by atoms with E-state index < -0.39 is 5.91 Å². The molecular weight excluding hydrogens is 304 g/mol. The number of benzene rings is 1. The second-order valence-electron chi connectivity index (χ2n) is 5.72. The van der Waals surface area contributed by atoms with E-state index in [0.717, 1.165) is 39.6 Å². The van der Waals surface area contributed by atoms with Crippen molar-refractivity contribution in [3.05, 3.63) is 41.9 Å². The van der Waals surface area contributed by atoms with Gasteiger partial charge in [0.15, 0.2) is 5.82 Å². The molecule has 4 rings (SSSR count). The summed E-state index contributed by atoms with van der Waals surface area (Å²) in [5.74, 6) is 0.181. The molecule has 0 saturated heterocycles. The number of nitrogens with one attached hydrogen (secondary N) is 1. The Morgan fingerprint density at radius 1 is 1.33 bits per heavy atom. The van der Waals surface area contributed by atoms with E-state index in [-0.39, 0.29) is 0 Å². The van der Waals surface area contributed by atoms with Crippen molar-refractivity contribution in [2.45, 2.75) is 13.3 Å². The van der Waals surface area contributed by atoms with Crippen LogP contribution in [0.3, 0.4) is 0 Å². The van der Waals surface area contributed by atoms with Crippen molar-refractivity contribution in [3.63, 3.8) is 0 Å². The molecule has 0 spiro atoms. The first-order chi connectivity index (χ1) is 11.6. The van der Waals surface area contributed by atoms with Gasteiger partial charge in [-0.25, -0.2) is 9.97 Å². The van der Waals surface area contributed by atoms with E-state index in [2.05, 4.69) is 27.0 Å². The van der Waals surface area contributed by atoms with Crippen LogP contribution in [0.15, 0.2) is 30.6 Å². The van der Waals surface area contributed by atoms with E-state index >= 15 is 0 Å². The number of rotatable bonds is 3. The van der Waals surface area contributed by atoms with Gasteiger partial charge in [-0.05, 0) is 24.6 Å². The second kappa shape index (κ2) is 5.16. The summed E-state index contributed by atoms with van der Waals surface area (Å²) in [7, 11) is 1.88. The predicted molar refractivity (Wildman–Crippen MR) is 91.5 cm³/mol. The standard InChI is InChI=1S/C17H16N6O/c1-3-13-12(8-23(2)22-13)16-19-7-11-10-6-9(15(18)24)4-5-14(10)20-17(11)21-16/h4-8H,3H2,1-2H3,(H2,18,24)(H,19,20,21). The van der Waals surface area contributed by atoms with Gasteiger partial charge in [0.05, 0.1) is 11.3 Å². The number of H-pyrrole nitrogens is 1. The molecule has 7 heteroatoms. The van der Waals surface area contributed by atoms with Crippen LogP contribution in [0.5, 0.6) is 0 Å². The van der Waals surface area contributed by atoms with Gasteiger partial charge < -0.3 is 10.7 Å². The highest BCUT2D eigenvalue weighted by Crippen LogP contribution is 2.27. The van der Waals surface area contributed by atoms with Crippen molar-refractivity contribution in [2.75, 3.05) is 0 Å². The van der Waals surface area contributed by atoms with Crippen LogP contribution in [0.1, 0.15) is 23.0 Å². The molecule has 0 radical (unpaired) electrons. The summed E-state index contributed by atoms with van der Waals surface area (Å²) in [6.07, 6.45) is 4.51. The van der Waals surface area contributed by atoms with Crippen molar-refractivity contribution in [2.24, 2.45) is 12.8 Å². The minimum absolute atomic E-state index is 0.452. The number of hydrogen-bond acceptors (Lipinski definition) is 4. The third-order valence-corrected chi connectivity index (χ3v) is 4.12. The van der Waals surface area contributed by atoms with Crippen LogP contribution in [0.25, 0.3) is 33.3 Å². The number of carbonyl (C=O) groups excluding carboxylic acids is 1. The highest BCUT2D eigenvalue weighted by molar-refractivity contribution is 6.08. The maximum absolute atomic E-state index is 11.4. The molecule has 0 bridgehead atoms. The first-order valence-corrected chi connectivity index (χ1v) is 7.68. The molecule has 7 nitrogen and oxygen atoms in total. The molecule has 0 unspecified atom stereocenters. The normalized spacial score (nSPS) is 11.4. The Hall–Kier alpha value is -3.22. The third-order valence-electron chi connectivity index (χ3n) is 4.12. The fourth-order valence-corrected chi connectivity index (χ4v) is 2.94. The van der Waals surface area contributed by atoms with E-state index in [1.54, 1.807) is 23.0 Å². The van der Waals surface area contributed by atoms with Crippen molar-refractivity contribution in [1.82, 2.24) is 24.7 Å². The topological polar surface area (TPSA) is 102 Å². The SMILES string of the molecule is CCc1nn(C)cc1-c1ncc2c(n1)[nH]c1ccc(C(N)=O)cc12. The molecule has 3 N–H and O–H groups in total. The number of hydrogen-bond donors (Lipinski definition) is 2. The predicted octanol–water partition coefficient (Wildman–Crippen LogP) is 2.17. The van der Waals surface area contributed by atoms with Gasteiger partial charge in [0.2, 0.25) is 5.91 Å². The molecular formula is C17H16N6O. The summed E-state index contributed by atoms with van der Waals surface area (Å²) in [4.78, 5) is 23.8. The Morgan fingerprint density at radius 3 is 2.92 bits per heavy atom. The van der Waals surface area contributed by atoms with Crippen molar-refractivity contribution < 1.29 is 4.79 Å². The average Bonchev–Trinajstić information content (AvgIpc) is 3.13. The highest BCUT2D eigenvalue weighted by atomic mass is 16.1. The van der Waals surface area contributed by atoms with E-state index in [1.807, 2.05) is 19.3 Å². The minimum Gasteiger partial charge on any atom is -0.366 e. The lowest BCUT2D eigenvalue weighted by molar-refractivity contribution is 0.100. The van der Waals surface area contributed by atoms with Gasteiger partial charge in [-0.2, -0.15) is 5.10 Å². The smallest absolute Gasteiger partial charge is 0.248 e. The molecule has 1 aromatic carbocycles. The Morgan fingerprint density at radius 2 is 2.17 bits per heavy atom. The highest BCUT2D eigenvalue weighted by Gasteiger charge is 2.14. The summed E-state index contributed by atoms with van der Waals surface area (Å²) < 4.78 is 1.77. The lowest BCUT2D eigenvalue weighted by Crippen LogP contribution is -2.10. The van der Waals surface area contributed by atoms with Crippen LogP contribution < -0.4 is 5.73 Å². The Kier molecular flexibility index (Phi) is 3.09. The maximum Gasteiger partial charge on any atom is 0.248 e. The summed E-state index contributed by atoms with van der Waals surface area (Å²) in [6.45, 7) is 2.05. The number of fused-ring (bicyclic) bond motifs is 3. The molecule has 1 amide bonds. The molecule has 3 heterocycles. The lowest BCUT2D eigenvalue weighted by Gasteiger charge is -1.99. The number of primary amides is 1. The van der Waals surface area contributed by atoms with Crippen molar-refractivity contribution in [3.8, 4) is 11.4 Å². The first-order valence-electron chi connectivity index (χ1n) is 7.68. The summed E-state index contributed by atoms with van der Waals surface area (Å²) >= 11 is 0. The fraction of sp³-hybridized carbons (Fsp3) is 0.176. The number of aryl methyl sites for hydroxylation is 2. The zero-order valence-corrected chi connectivity index (χ0v) is 13.4. The van der Waals surface area contributed by atoms with Crippen molar-refractivity contribution >= 4 is 27.8 Å². The van der Waals surface area contributed by atoms with Gasteiger partial charge in [-0.1, -0.05) is 6.92 Å². The molecule has 4 aromatic rings. The number of aromatic amines is 1. The van der Waals surface area contributed by atoms with Crippen molar-refractivity contribution in [1.29, 1.82) is 0 Å². The molecule has 0 saturated carbocycles. The maximum atomic E-state index is 11.4. The number of aromatic nitrogens is 5. The zero-order valence-electron chi connectivity index (χ0n) is 13.4. The molecule has 0 aliphatic heterocycles. The third kappa shape index (κ3) is 2.13. The summed E-state index contributed by atoms with van der Waals surface area (Å²) in [5.41, 5.74) is 9.34.